The largest absolute Gasteiger partial charge is 0.399 e. The van der Waals surface area contributed by atoms with E-state index in [1.165, 1.54) is 12.8 Å². The number of halogens is 1. The smallest absolute Gasteiger partial charge is 0.231 e. The van der Waals surface area contributed by atoms with Crippen LogP contribution in [-0.4, -0.2) is 15.5 Å². The van der Waals surface area contributed by atoms with E-state index in [2.05, 4.69) is 20.9 Å². The number of imidazole rings is 1. The van der Waals surface area contributed by atoms with E-state index in [1.54, 1.807) is 0 Å². The van der Waals surface area contributed by atoms with Gasteiger partial charge in [-0.1, -0.05) is 37.1 Å². The molecule has 2 aromatic carbocycles. The molecule has 0 radical (unpaired) electrons. The van der Waals surface area contributed by atoms with Crippen LogP contribution in [0.25, 0.3) is 11.0 Å². The van der Waals surface area contributed by atoms with E-state index < -0.39 is 0 Å². The van der Waals surface area contributed by atoms with Gasteiger partial charge in [-0.25, -0.2) is 4.98 Å². The van der Waals surface area contributed by atoms with Crippen LogP contribution in [0.1, 0.15) is 37.3 Å². The molecule has 26 heavy (non-hydrogen) atoms. The zero-order valence-electron chi connectivity index (χ0n) is 14.5. The fourth-order valence-corrected chi connectivity index (χ4v) is 3.65. The van der Waals surface area contributed by atoms with Gasteiger partial charge in [-0.15, -0.1) is 12.4 Å². The van der Waals surface area contributed by atoms with E-state index in [1.807, 2.05) is 42.5 Å². The van der Waals surface area contributed by atoms with Crippen LogP contribution in [-0.2, 0) is 11.2 Å². The van der Waals surface area contributed by atoms with Crippen LogP contribution in [0.5, 0.6) is 0 Å². The van der Waals surface area contributed by atoms with E-state index in [4.69, 9.17) is 5.73 Å². The van der Waals surface area contributed by atoms with Gasteiger partial charge in [0.1, 0.15) is 0 Å². The Bertz CT molecular complexity index is 898. The molecule has 1 aliphatic rings. The first-order valence-electron chi connectivity index (χ1n) is 8.82. The summed E-state index contributed by atoms with van der Waals surface area (Å²) in [7, 11) is 0. The predicted octanol–water partition coefficient (Wildman–Crippen LogP) is 4.34. The van der Waals surface area contributed by atoms with Crippen molar-refractivity contribution >= 4 is 41.0 Å². The lowest BCUT2D eigenvalue weighted by Gasteiger charge is -2.16. The number of nitrogens with two attached hydrogens (primary N) is 1. The summed E-state index contributed by atoms with van der Waals surface area (Å²) in [6, 6.07) is 15.9. The summed E-state index contributed by atoms with van der Waals surface area (Å²) in [5.41, 5.74) is 9.36. The summed E-state index contributed by atoms with van der Waals surface area (Å²) in [6.45, 7) is 0. The average molecular weight is 371 g/mol. The van der Waals surface area contributed by atoms with Crippen molar-refractivity contribution in [1.29, 1.82) is 0 Å². The number of hydrogen-bond donors (Lipinski definition) is 2. The van der Waals surface area contributed by atoms with Gasteiger partial charge in [-0.3, -0.25) is 10.1 Å². The number of nitrogens with zero attached hydrogens (tertiary/aromatic N) is 2. The Morgan fingerprint density at radius 1 is 1.12 bits per heavy atom. The van der Waals surface area contributed by atoms with Crippen molar-refractivity contribution in [2.24, 2.45) is 0 Å². The fourth-order valence-electron chi connectivity index (χ4n) is 3.65. The number of amides is 1. The van der Waals surface area contributed by atoms with Gasteiger partial charge in [0.15, 0.2) is 0 Å². The van der Waals surface area contributed by atoms with E-state index >= 15 is 0 Å². The van der Waals surface area contributed by atoms with Crippen LogP contribution < -0.4 is 11.1 Å². The van der Waals surface area contributed by atoms with Crippen molar-refractivity contribution in [3.63, 3.8) is 0 Å². The molecular weight excluding hydrogens is 348 g/mol. The highest BCUT2D eigenvalue weighted by Gasteiger charge is 2.23. The molecule has 0 bridgehead atoms. The first-order valence-corrected chi connectivity index (χ1v) is 8.82. The second-order valence-corrected chi connectivity index (χ2v) is 6.70. The lowest BCUT2D eigenvalue weighted by atomic mass is 10.1. The lowest BCUT2D eigenvalue weighted by Crippen LogP contribution is -2.19. The molecule has 0 aliphatic heterocycles. The molecule has 0 atom stereocenters. The number of hydrogen-bond acceptors (Lipinski definition) is 3. The average Bonchev–Trinajstić information content (AvgIpc) is 3.23. The molecule has 6 heteroatoms. The number of para-hydroxylation sites is 2. The normalized spacial score (nSPS) is 14.3. The number of carbonyl (C=O) groups is 1. The standard InChI is InChI=1S/C20H22N4O.ClH/c21-15-11-9-14(10-12-15)13-19(25)23-20-22-17-7-3-4-8-18(17)24(20)16-5-1-2-6-16;/h3-4,7-12,16H,1-2,5-6,13,21H2,(H,22,23,25);1H. The van der Waals surface area contributed by atoms with E-state index in [0.717, 1.165) is 29.4 Å². The first kappa shape index (κ1) is 18.3. The van der Waals surface area contributed by atoms with Gasteiger partial charge in [-0.2, -0.15) is 0 Å². The maximum atomic E-state index is 12.5. The van der Waals surface area contributed by atoms with E-state index in [9.17, 15) is 4.79 Å². The van der Waals surface area contributed by atoms with Crippen molar-refractivity contribution in [3.05, 3.63) is 54.1 Å². The van der Waals surface area contributed by atoms with Gasteiger partial charge >= 0.3 is 0 Å². The minimum atomic E-state index is -0.0562. The Hall–Kier alpha value is -2.53. The second-order valence-electron chi connectivity index (χ2n) is 6.70. The summed E-state index contributed by atoms with van der Waals surface area (Å²) in [5.74, 6) is 0.605. The highest BCUT2D eigenvalue weighted by atomic mass is 35.5. The van der Waals surface area contributed by atoms with Crippen LogP contribution in [0.3, 0.4) is 0 Å². The number of carbonyl (C=O) groups excluding carboxylic acids is 1. The van der Waals surface area contributed by atoms with Gasteiger partial charge in [-0.05, 0) is 42.7 Å². The maximum Gasteiger partial charge on any atom is 0.231 e. The summed E-state index contributed by atoms with van der Waals surface area (Å²) in [6.07, 6.45) is 5.06. The number of nitrogens with one attached hydrogen (secondary N) is 1. The van der Waals surface area contributed by atoms with Crippen molar-refractivity contribution in [2.75, 3.05) is 11.1 Å². The SMILES string of the molecule is Cl.Nc1ccc(CC(=O)Nc2nc3ccccc3n2C2CCCC2)cc1. The van der Waals surface area contributed by atoms with Crippen molar-refractivity contribution < 1.29 is 4.79 Å². The Labute approximate surface area is 159 Å². The zero-order chi connectivity index (χ0) is 17.2. The quantitative estimate of drug-likeness (QED) is 0.671. The Balaban J connectivity index is 0.00000196. The van der Waals surface area contributed by atoms with E-state index in [0.29, 0.717) is 24.1 Å². The molecule has 1 heterocycles. The van der Waals surface area contributed by atoms with Crippen LogP contribution in [0.15, 0.2) is 48.5 Å². The summed E-state index contributed by atoms with van der Waals surface area (Å²) < 4.78 is 2.21. The van der Waals surface area contributed by atoms with Gasteiger partial charge < -0.3 is 10.3 Å². The fraction of sp³-hybridized carbons (Fsp3) is 0.300. The summed E-state index contributed by atoms with van der Waals surface area (Å²) in [4.78, 5) is 17.2. The van der Waals surface area contributed by atoms with Gasteiger partial charge in [0, 0.05) is 11.7 Å². The second kappa shape index (κ2) is 7.79. The van der Waals surface area contributed by atoms with Crippen LogP contribution in [0, 0.1) is 0 Å². The number of benzene rings is 2. The van der Waals surface area contributed by atoms with Crippen LogP contribution in [0.4, 0.5) is 11.6 Å². The number of nitrogen functional groups attached to an aromatic ring is 1. The molecule has 1 saturated carbocycles. The number of anilines is 2. The first-order chi connectivity index (χ1) is 12.2. The molecule has 3 aromatic rings. The van der Waals surface area contributed by atoms with Gasteiger partial charge in [0.2, 0.25) is 11.9 Å². The third-order valence-electron chi connectivity index (χ3n) is 4.88. The Morgan fingerprint density at radius 2 is 1.81 bits per heavy atom. The van der Waals surface area contributed by atoms with Crippen LogP contribution >= 0.6 is 12.4 Å². The molecule has 3 N–H and O–H groups in total. The predicted molar refractivity (Wildman–Crippen MR) is 108 cm³/mol. The van der Waals surface area contributed by atoms with Crippen LogP contribution in [0.2, 0.25) is 0 Å². The molecule has 0 spiro atoms. The molecule has 0 unspecified atom stereocenters. The topological polar surface area (TPSA) is 72.9 Å². The molecule has 1 amide bonds. The molecule has 1 fully saturated rings. The molecule has 0 saturated heterocycles. The monoisotopic (exact) mass is 370 g/mol. The molecule has 4 rings (SSSR count). The van der Waals surface area contributed by atoms with E-state index in [-0.39, 0.29) is 18.3 Å². The molecule has 1 aromatic heterocycles. The number of aromatic nitrogens is 2. The lowest BCUT2D eigenvalue weighted by molar-refractivity contribution is -0.115. The molecule has 5 nitrogen and oxygen atoms in total. The number of fused-ring (bicyclic) bond motifs is 1. The Morgan fingerprint density at radius 3 is 2.54 bits per heavy atom. The summed E-state index contributed by atoms with van der Waals surface area (Å²) >= 11 is 0. The highest BCUT2D eigenvalue weighted by Crippen LogP contribution is 2.35. The molecular formula is C20H23ClN4O. The minimum absolute atomic E-state index is 0. The van der Waals surface area contributed by atoms with Gasteiger partial charge in [0.05, 0.1) is 17.5 Å². The maximum absolute atomic E-state index is 12.5. The minimum Gasteiger partial charge on any atom is -0.399 e. The zero-order valence-corrected chi connectivity index (χ0v) is 15.3. The highest BCUT2D eigenvalue weighted by molar-refractivity contribution is 5.93. The van der Waals surface area contributed by atoms with Crippen molar-refractivity contribution in [3.8, 4) is 0 Å². The van der Waals surface area contributed by atoms with Crippen molar-refractivity contribution in [2.45, 2.75) is 38.1 Å². The van der Waals surface area contributed by atoms with Crippen molar-refractivity contribution in [1.82, 2.24) is 9.55 Å². The third kappa shape index (κ3) is 3.68. The number of rotatable bonds is 4. The molecule has 1 aliphatic carbocycles. The van der Waals surface area contributed by atoms with Gasteiger partial charge in [0.25, 0.3) is 0 Å². The summed E-state index contributed by atoms with van der Waals surface area (Å²) in [5, 5.41) is 3.02. The Kier molecular flexibility index (Phi) is 5.47. The third-order valence-corrected chi connectivity index (χ3v) is 4.88. The molecule has 136 valence electrons.